The van der Waals surface area contributed by atoms with Gasteiger partial charge in [0, 0.05) is 11.6 Å². The minimum absolute atomic E-state index is 0.0564. The summed E-state index contributed by atoms with van der Waals surface area (Å²) < 4.78 is 3.12. The van der Waals surface area contributed by atoms with E-state index in [4.69, 9.17) is 39.5 Å². The van der Waals surface area contributed by atoms with Crippen LogP contribution in [0, 0.1) is 10.1 Å². The highest BCUT2D eigenvalue weighted by atomic mass is 35.6. The lowest BCUT2D eigenvalue weighted by Crippen LogP contribution is -2.19. The van der Waals surface area contributed by atoms with Gasteiger partial charge in [0.05, 0.1) is 11.0 Å². The number of rotatable bonds is 4. The lowest BCUT2D eigenvalue weighted by Gasteiger charge is -2.12. The molecule has 0 aliphatic rings. The molecule has 8 heteroatoms. The molecular weight excluding hydrogens is 316 g/mol. The van der Waals surface area contributed by atoms with Gasteiger partial charge in [-0.3, -0.25) is 14.9 Å². The Balaban J connectivity index is 3.24. The van der Waals surface area contributed by atoms with Crippen LogP contribution in [0.3, 0.4) is 0 Å². The van der Waals surface area contributed by atoms with Crippen molar-refractivity contribution in [3.05, 3.63) is 33.9 Å². The molecule has 5 nitrogen and oxygen atoms in total. The van der Waals surface area contributed by atoms with Crippen molar-refractivity contribution in [2.24, 2.45) is 0 Å². The molecule has 1 rings (SSSR count). The minimum Gasteiger partial charge on any atom is -0.484 e. The zero-order valence-electron chi connectivity index (χ0n) is 10.0. The molecule has 0 aliphatic carbocycles. The van der Waals surface area contributed by atoms with Crippen LogP contribution in [0.5, 0.6) is 5.75 Å². The number of nitro benzene ring substituents is 1. The van der Waals surface area contributed by atoms with Crippen LogP contribution in [0.4, 0.5) is 5.69 Å². The Morgan fingerprint density at radius 2 is 1.95 bits per heavy atom. The number of halogens is 3. The largest absolute Gasteiger partial charge is 0.484 e. The van der Waals surface area contributed by atoms with Crippen LogP contribution in [-0.4, -0.2) is 20.6 Å². The number of nitrogens with zero attached hydrogens (tertiary/aromatic N) is 1. The molecule has 0 fully saturated rings. The molecule has 0 bridgehead atoms. The lowest BCUT2D eigenvalue weighted by atomic mass is 10.1. The molecule has 19 heavy (non-hydrogen) atoms. The molecule has 0 heterocycles. The quantitative estimate of drug-likeness (QED) is 0.364. The minimum atomic E-state index is -2.16. The van der Waals surface area contributed by atoms with Crippen molar-refractivity contribution in [3.63, 3.8) is 0 Å². The first-order chi connectivity index (χ1) is 8.62. The van der Waals surface area contributed by atoms with Gasteiger partial charge in [0.2, 0.25) is 5.78 Å². The molecule has 0 aliphatic heterocycles. The summed E-state index contributed by atoms with van der Waals surface area (Å²) in [6, 6.07) is 3.65. The van der Waals surface area contributed by atoms with Crippen LogP contribution in [-0.2, 0) is 0 Å². The molecule has 0 unspecified atom stereocenters. The van der Waals surface area contributed by atoms with E-state index in [2.05, 4.69) is 0 Å². The number of nitro groups is 1. The summed E-state index contributed by atoms with van der Waals surface area (Å²) in [6.07, 6.45) is -0.242. The monoisotopic (exact) mass is 325 g/mol. The van der Waals surface area contributed by atoms with Gasteiger partial charge < -0.3 is 4.74 Å². The maximum Gasteiger partial charge on any atom is 0.311 e. The zero-order valence-corrected chi connectivity index (χ0v) is 12.3. The molecule has 0 spiro atoms. The highest BCUT2D eigenvalue weighted by Crippen LogP contribution is 2.34. The van der Waals surface area contributed by atoms with Crippen molar-refractivity contribution in [3.8, 4) is 5.75 Å². The fourth-order valence-corrected chi connectivity index (χ4v) is 1.65. The topological polar surface area (TPSA) is 69.4 Å². The Bertz CT molecular complexity index is 511. The lowest BCUT2D eigenvalue weighted by molar-refractivity contribution is -0.386. The number of carbonyl (C=O) groups is 1. The van der Waals surface area contributed by atoms with Gasteiger partial charge in [-0.2, -0.15) is 0 Å². The summed E-state index contributed by atoms with van der Waals surface area (Å²) in [4.78, 5) is 22.0. The van der Waals surface area contributed by atoms with E-state index in [9.17, 15) is 14.9 Å². The van der Waals surface area contributed by atoms with Crippen LogP contribution in [0.1, 0.15) is 24.2 Å². The van der Waals surface area contributed by atoms with Gasteiger partial charge in [0.15, 0.2) is 5.75 Å². The molecule has 0 atom stereocenters. The molecule has 1 aromatic rings. The van der Waals surface area contributed by atoms with Crippen LogP contribution >= 0.6 is 34.8 Å². The first-order valence-corrected chi connectivity index (χ1v) is 6.33. The summed E-state index contributed by atoms with van der Waals surface area (Å²) in [6.45, 7) is 3.45. The second-order valence-corrected chi connectivity index (χ2v) is 6.21. The molecule has 1 aromatic carbocycles. The van der Waals surface area contributed by atoms with Gasteiger partial charge in [-0.05, 0) is 26.0 Å². The first kappa shape index (κ1) is 16.0. The summed E-state index contributed by atoms with van der Waals surface area (Å²) in [7, 11) is 0. The fraction of sp³-hybridized carbons (Fsp3) is 0.364. The molecule has 104 valence electrons. The Labute approximate surface area is 124 Å². The van der Waals surface area contributed by atoms with E-state index in [1.54, 1.807) is 13.8 Å². The van der Waals surface area contributed by atoms with Gasteiger partial charge in [-0.15, -0.1) is 0 Å². The first-order valence-electron chi connectivity index (χ1n) is 5.19. The van der Waals surface area contributed by atoms with Gasteiger partial charge in [0.1, 0.15) is 0 Å². The summed E-state index contributed by atoms with van der Waals surface area (Å²) in [5.74, 6) is -0.780. The van der Waals surface area contributed by atoms with Crippen LogP contribution in [0.15, 0.2) is 18.2 Å². The third-order valence-electron chi connectivity index (χ3n) is 2.04. The number of carbonyl (C=O) groups excluding carboxylic acids is 1. The second-order valence-electron chi connectivity index (χ2n) is 3.93. The number of ether oxygens (including phenoxy) is 1. The maximum atomic E-state index is 11.7. The summed E-state index contributed by atoms with van der Waals surface area (Å²) in [5, 5.41) is 10.9. The predicted molar refractivity (Wildman–Crippen MR) is 73.5 cm³/mol. The van der Waals surface area contributed by atoms with Crippen LogP contribution in [0.25, 0.3) is 0 Å². The van der Waals surface area contributed by atoms with Crippen molar-refractivity contribution < 1.29 is 14.5 Å². The van der Waals surface area contributed by atoms with Crippen molar-refractivity contribution in [1.82, 2.24) is 0 Å². The Hall–Kier alpha value is -1.04. The normalized spacial score (nSPS) is 11.5. The number of ketones is 1. The molecule has 0 aromatic heterocycles. The van der Waals surface area contributed by atoms with Gasteiger partial charge in [-0.25, -0.2) is 0 Å². The molecule has 0 radical (unpaired) electrons. The highest BCUT2D eigenvalue weighted by Gasteiger charge is 2.33. The van der Waals surface area contributed by atoms with E-state index in [0.717, 1.165) is 6.07 Å². The Kier molecular flexibility index (Phi) is 5.01. The fourth-order valence-electron chi connectivity index (χ4n) is 1.32. The molecule has 0 amide bonds. The number of hydrogen-bond acceptors (Lipinski definition) is 4. The Morgan fingerprint density at radius 3 is 2.37 bits per heavy atom. The van der Waals surface area contributed by atoms with Crippen LogP contribution in [0.2, 0.25) is 0 Å². The van der Waals surface area contributed by atoms with E-state index < -0.39 is 14.5 Å². The molecule has 0 N–H and O–H groups in total. The van der Waals surface area contributed by atoms with Crippen molar-refractivity contribution >= 4 is 46.3 Å². The van der Waals surface area contributed by atoms with E-state index >= 15 is 0 Å². The molecule has 0 saturated heterocycles. The smallest absolute Gasteiger partial charge is 0.311 e. The van der Waals surface area contributed by atoms with Crippen molar-refractivity contribution in [2.45, 2.75) is 23.7 Å². The van der Waals surface area contributed by atoms with Crippen molar-refractivity contribution in [1.29, 1.82) is 0 Å². The average molecular weight is 327 g/mol. The number of Topliss-reactive ketones (excluding diaryl/α,β-unsaturated/α-hetero) is 1. The molecule has 0 saturated carbocycles. The number of alkyl halides is 3. The van der Waals surface area contributed by atoms with E-state index in [1.807, 2.05) is 0 Å². The maximum absolute atomic E-state index is 11.7. The van der Waals surface area contributed by atoms with E-state index in [0.29, 0.717) is 0 Å². The highest BCUT2D eigenvalue weighted by molar-refractivity contribution is 6.77. The van der Waals surface area contributed by atoms with E-state index in [-0.39, 0.29) is 23.1 Å². The van der Waals surface area contributed by atoms with Gasteiger partial charge in [-0.1, -0.05) is 34.8 Å². The van der Waals surface area contributed by atoms with Crippen molar-refractivity contribution in [2.75, 3.05) is 0 Å². The summed E-state index contributed by atoms with van der Waals surface area (Å²) >= 11 is 16.4. The van der Waals surface area contributed by atoms with Crippen LogP contribution < -0.4 is 4.74 Å². The number of hydrogen-bond donors (Lipinski definition) is 0. The summed E-state index contributed by atoms with van der Waals surface area (Å²) in [5.41, 5.74) is -0.420. The predicted octanol–water partition coefficient (Wildman–Crippen LogP) is 3.93. The third kappa shape index (κ3) is 4.23. The van der Waals surface area contributed by atoms with E-state index in [1.165, 1.54) is 12.1 Å². The average Bonchev–Trinajstić information content (AvgIpc) is 2.26. The number of benzene rings is 1. The van der Waals surface area contributed by atoms with Gasteiger partial charge >= 0.3 is 5.69 Å². The SMILES string of the molecule is CC(C)Oc1ccc(C(=O)C(Cl)(Cl)Cl)cc1[N+](=O)[O-]. The Morgan fingerprint density at radius 1 is 1.37 bits per heavy atom. The molecular formula is C11H10Cl3NO4. The van der Waals surface area contributed by atoms with Gasteiger partial charge in [0.25, 0.3) is 3.79 Å². The third-order valence-corrected chi connectivity index (χ3v) is 2.55. The standard InChI is InChI=1S/C11H10Cl3NO4/c1-6(2)19-9-4-3-7(5-8(9)15(17)18)10(16)11(12,13)14/h3-6H,1-2H3. The second kappa shape index (κ2) is 5.94. The zero-order chi connectivity index (χ0) is 14.8.